The number of aromatic nitrogens is 1. The van der Waals surface area contributed by atoms with Gasteiger partial charge in [0, 0.05) is 64.5 Å². The summed E-state index contributed by atoms with van der Waals surface area (Å²) in [5.74, 6) is 2.07. The number of anilines is 1. The molecule has 2 saturated heterocycles. The van der Waals surface area contributed by atoms with Crippen molar-refractivity contribution in [3.63, 3.8) is 0 Å². The molecule has 0 radical (unpaired) electrons. The zero-order valence-corrected chi connectivity index (χ0v) is 19.9. The van der Waals surface area contributed by atoms with E-state index < -0.39 is 0 Å². The van der Waals surface area contributed by atoms with Crippen LogP contribution in [-0.2, 0) is 4.79 Å². The number of piperazine rings is 1. The molecular weight excluding hydrogens is 433 g/mol. The van der Waals surface area contributed by atoms with Crippen molar-refractivity contribution in [2.24, 2.45) is 11.8 Å². The van der Waals surface area contributed by atoms with Crippen LogP contribution in [0.3, 0.4) is 0 Å². The van der Waals surface area contributed by atoms with Gasteiger partial charge in [0.1, 0.15) is 5.82 Å². The van der Waals surface area contributed by atoms with E-state index in [-0.39, 0.29) is 43.1 Å². The molecule has 0 aliphatic carbocycles. The fourth-order valence-electron chi connectivity index (χ4n) is 4.18. The Labute approximate surface area is 194 Å². The summed E-state index contributed by atoms with van der Waals surface area (Å²) in [6.45, 7) is 9.98. The molecule has 29 heavy (non-hydrogen) atoms. The molecule has 2 aliphatic heterocycles. The van der Waals surface area contributed by atoms with E-state index in [4.69, 9.17) is 0 Å². The first-order valence-electron chi connectivity index (χ1n) is 9.99. The van der Waals surface area contributed by atoms with Crippen LogP contribution in [0.1, 0.15) is 19.8 Å². The van der Waals surface area contributed by atoms with Crippen molar-refractivity contribution in [3.8, 4) is 0 Å². The number of likely N-dealkylation sites (tertiary alicyclic amines) is 1. The van der Waals surface area contributed by atoms with Crippen LogP contribution < -0.4 is 10.2 Å². The standard InChI is InChI=1S/C20H33N5O.3ClH/c1-17(14-21-2)20(26)25-9-5-6-18(16-25)15-23-10-12-24(13-11-23)19-7-3-4-8-22-19;;;/h3-4,7-8,17-18,21H,5-6,9-16H2,1-2H3;3*1H. The summed E-state index contributed by atoms with van der Waals surface area (Å²) in [4.78, 5) is 24.1. The van der Waals surface area contributed by atoms with E-state index in [2.05, 4.69) is 37.1 Å². The summed E-state index contributed by atoms with van der Waals surface area (Å²) >= 11 is 0. The third-order valence-corrected chi connectivity index (χ3v) is 5.62. The lowest BCUT2D eigenvalue weighted by Crippen LogP contribution is -2.51. The van der Waals surface area contributed by atoms with E-state index in [0.29, 0.717) is 11.8 Å². The first-order valence-corrected chi connectivity index (χ1v) is 9.99. The smallest absolute Gasteiger partial charge is 0.226 e. The van der Waals surface area contributed by atoms with Crippen LogP contribution in [0.25, 0.3) is 0 Å². The second-order valence-electron chi connectivity index (χ2n) is 7.73. The van der Waals surface area contributed by atoms with Gasteiger partial charge in [-0.25, -0.2) is 4.98 Å². The molecule has 0 bridgehead atoms. The summed E-state index contributed by atoms with van der Waals surface area (Å²) in [7, 11) is 1.91. The van der Waals surface area contributed by atoms with Gasteiger partial charge in [-0.05, 0) is 37.9 Å². The molecule has 2 atom stereocenters. The van der Waals surface area contributed by atoms with Crippen LogP contribution in [0.5, 0.6) is 0 Å². The molecule has 2 unspecified atom stereocenters. The molecule has 1 aromatic rings. The maximum atomic E-state index is 12.6. The van der Waals surface area contributed by atoms with Crippen LogP contribution in [0.15, 0.2) is 24.4 Å². The minimum atomic E-state index is 0. The Morgan fingerprint density at radius 2 is 1.90 bits per heavy atom. The van der Waals surface area contributed by atoms with Gasteiger partial charge < -0.3 is 15.1 Å². The monoisotopic (exact) mass is 467 g/mol. The number of pyridine rings is 1. The average Bonchev–Trinajstić information content (AvgIpc) is 2.69. The van der Waals surface area contributed by atoms with Crippen LogP contribution in [0.2, 0.25) is 0 Å². The van der Waals surface area contributed by atoms with Crippen LogP contribution >= 0.6 is 37.2 Å². The molecule has 1 N–H and O–H groups in total. The molecule has 3 heterocycles. The predicted molar refractivity (Wildman–Crippen MR) is 127 cm³/mol. The van der Waals surface area contributed by atoms with Crippen LogP contribution in [0.4, 0.5) is 5.82 Å². The van der Waals surface area contributed by atoms with Crippen molar-refractivity contribution in [2.75, 3.05) is 64.3 Å². The van der Waals surface area contributed by atoms with Crippen molar-refractivity contribution < 1.29 is 4.79 Å². The first-order chi connectivity index (χ1) is 12.7. The Kier molecular flexibility index (Phi) is 13.9. The van der Waals surface area contributed by atoms with E-state index in [1.54, 1.807) is 0 Å². The SMILES string of the molecule is CNCC(C)C(=O)N1CCCC(CN2CCN(c3ccccn3)CC2)C1.Cl.Cl.Cl. The van der Waals surface area contributed by atoms with Gasteiger partial charge in [0.15, 0.2) is 0 Å². The Morgan fingerprint density at radius 3 is 2.52 bits per heavy atom. The zero-order valence-electron chi connectivity index (χ0n) is 17.5. The highest BCUT2D eigenvalue weighted by Crippen LogP contribution is 2.21. The van der Waals surface area contributed by atoms with Gasteiger partial charge in [0.25, 0.3) is 0 Å². The van der Waals surface area contributed by atoms with Crippen molar-refractivity contribution in [1.29, 1.82) is 0 Å². The molecule has 2 aliphatic rings. The third-order valence-electron chi connectivity index (χ3n) is 5.62. The normalized spacial score (nSPS) is 20.7. The summed E-state index contributed by atoms with van der Waals surface area (Å²) < 4.78 is 0. The molecule has 168 valence electrons. The maximum Gasteiger partial charge on any atom is 0.226 e. The van der Waals surface area contributed by atoms with E-state index >= 15 is 0 Å². The van der Waals surface area contributed by atoms with Crippen molar-refractivity contribution >= 4 is 48.9 Å². The van der Waals surface area contributed by atoms with Crippen molar-refractivity contribution in [3.05, 3.63) is 24.4 Å². The molecule has 6 nitrogen and oxygen atoms in total. The largest absolute Gasteiger partial charge is 0.354 e. The second kappa shape index (κ2) is 14.3. The number of nitrogens with zero attached hydrogens (tertiary/aromatic N) is 4. The van der Waals surface area contributed by atoms with Gasteiger partial charge in [0.2, 0.25) is 5.91 Å². The number of carbonyl (C=O) groups excluding carboxylic acids is 1. The number of hydrogen-bond donors (Lipinski definition) is 1. The number of hydrogen-bond acceptors (Lipinski definition) is 5. The fourth-order valence-corrected chi connectivity index (χ4v) is 4.18. The highest BCUT2D eigenvalue weighted by molar-refractivity contribution is 5.86. The topological polar surface area (TPSA) is 51.7 Å². The Morgan fingerprint density at radius 1 is 1.17 bits per heavy atom. The number of amides is 1. The molecule has 0 aromatic carbocycles. The molecule has 2 fully saturated rings. The fraction of sp³-hybridized carbons (Fsp3) is 0.700. The van der Waals surface area contributed by atoms with Crippen molar-refractivity contribution in [1.82, 2.24) is 20.1 Å². The Hall–Kier alpha value is -0.790. The third kappa shape index (κ3) is 8.10. The van der Waals surface area contributed by atoms with Gasteiger partial charge in [-0.1, -0.05) is 13.0 Å². The minimum Gasteiger partial charge on any atom is -0.354 e. The number of halogens is 3. The quantitative estimate of drug-likeness (QED) is 0.695. The maximum absolute atomic E-state index is 12.6. The first kappa shape index (κ1) is 28.2. The Bertz CT molecular complexity index is 572. The molecule has 0 spiro atoms. The van der Waals surface area contributed by atoms with Gasteiger partial charge in [0.05, 0.1) is 0 Å². The summed E-state index contributed by atoms with van der Waals surface area (Å²) in [5, 5.41) is 3.12. The number of carbonyl (C=O) groups is 1. The van der Waals surface area contributed by atoms with Crippen molar-refractivity contribution in [2.45, 2.75) is 19.8 Å². The van der Waals surface area contributed by atoms with Crippen LogP contribution in [-0.4, -0.2) is 80.1 Å². The van der Waals surface area contributed by atoms with Gasteiger partial charge >= 0.3 is 0 Å². The summed E-state index contributed by atoms with van der Waals surface area (Å²) in [5.41, 5.74) is 0. The molecule has 0 saturated carbocycles. The Balaban J connectivity index is 0.00000261. The molecule has 1 aromatic heterocycles. The minimum absolute atomic E-state index is 0. The average molecular weight is 469 g/mol. The molecule has 1 amide bonds. The number of piperidine rings is 1. The lowest BCUT2D eigenvalue weighted by atomic mass is 9.96. The lowest BCUT2D eigenvalue weighted by Gasteiger charge is -2.40. The summed E-state index contributed by atoms with van der Waals surface area (Å²) in [6, 6.07) is 6.11. The van der Waals surface area contributed by atoms with Crippen LogP contribution in [0, 0.1) is 11.8 Å². The lowest BCUT2D eigenvalue weighted by molar-refractivity contribution is -0.136. The summed E-state index contributed by atoms with van der Waals surface area (Å²) in [6.07, 6.45) is 4.24. The van der Waals surface area contributed by atoms with Gasteiger partial charge in [-0.3, -0.25) is 9.69 Å². The van der Waals surface area contributed by atoms with E-state index in [1.807, 2.05) is 26.2 Å². The zero-order chi connectivity index (χ0) is 18.4. The molecule has 9 heteroatoms. The van der Waals surface area contributed by atoms with Gasteiger partial charge in [-0.15, -0.1) is 37.2 Å². The van der Waals surface area contributed by atoms with E-state index in [1.165, 1.54) is 6.42 Å². The molecule has 3 rings (SSSR count). The number of nitrogens with one attached hydrogen (secondary N) is 1. The van der Waals surface area contributed by atoms with Gasteiger partial charge in [-0.2, -0.15) is 0 Å². The highest BCUT2D eigenvalue weighted by atomic mass is 35.5. The predicted octanol–water partition coefficient (Wildman–Crippen LogP) is 2.56. The molecular formula is C20H36Cl3N5O. The highest BCUT2D eigenvalue weighted by Gasteiger charge is 2.28. The second-order valence-corrected chi connectivity index (χ2v) is 7.73. The van der Waals surface area contributed by atoms with E-state index in [9.17, 15) is 4.79 Å². The number of rotatable bonds is 6. The van der Waals surface area contributed by atoms with E-state index in [0.717, 1.165) is 64.6 Å².